The SMILES string of the molecule is CC.CCCCCC(C)(C)NC(=O)c1cn2cc(Oc3ncc(Cl)cc3OCC3(F)CC3)c(C)cc2n1. The summed E-state index contributed by atoms with van der Waals surface area (Å²) in [6.45, 7) is 12.0. The minimum atomic E-state index is -1.28. The summed E-state index contributed by atoms with van der Waals surface area (Å²) in [4.78, 5) is 21.6. The number of hydrogen-bond acceptors (Lipinski definition) is 5. The van der Waals surface area contributed by atoms with Gasteiger partial charge in [-0.15, -0.1) is 0 Å². The molecule has 202 valence electrons. The van der Waals surface area contributed by atoms with Crippen molar-refractivity contribution in [1.29, 1.82) is 0 Å². The number of imidazole rings is 1. The largest absolute Gasteiger partial charge is 0.485 e. The Kier molecular flexibility index (Phi) is 9.40. The molecule has 1 N–H and O–H groups in total. The normalized spacial score (nSPS) is 14.1. The predicted octanol–water partition coefficient (Wildman–Crippen LogP) is 7.48. The van der Waals surface area contributed by atoms with Gasteiger partial charge in [0.15, 0.2) is 5.75 Å². The summed E-state index contributed by atoms with van der Waals surface area (Å²) >= 11 is 6.07. The van der Waals surface area contributed by atoms with E-state index in [1.165, 1.54) is 6.20 Å². The number of carbonyl (C=O) groups is 1. The third-order valence-corrected chi connectivity index (χ3v) is 6.32. The Labute approximate surface area is 223 Å². The average molecular weight is 533 g/mol. The molecule has 1 fully saturated rings. The van der Waals surface area contributed by atoms with Crippen LogP contribution in [0.5, 0.6) is 17.4 Å². The Hall–Kier alpha value is -2.87. The lowest BCUT2D eigenvalue weighted by Crippen LogP contribution is -2.43. The van der Waals surface area contributed by atoms with Crippen LogP contribution in [0.25, 0.3) is 5.65 Å². The number of alkyl halides is 1. The van der Waals surface area contributed by atoms with Crippen LogP contribution >= 0.6 is 11.6 Å². The van der Waals surface area contributed by atoms with Crippen molar-refractivity contribution in [3.8, 4) is 17.4 Å². The molecule has 0 aromatic carbocycles. The number of rotatable bonds is 11. The summed E-state index contributed by atoms with van der Waals surface area (Å²) in [5.74, 6) is 0.748. The van der Waals surface area contributed by atoms with Crippen LogP contribution in [0.3, 0.4) is 0 Å². The number of nitrogens with zero attached hydrogens (tertiary/aromatic N) is 3. The van der Waals surface area contributed by atoms with E-state index in [0.717, 1.165) is 31.2 Å². The van der Waals surface area contributed by atoms with Gasteiger partial charge in [0.05, 0.1) is 11.2 Å². The minimum Gasteiger partial charge on any atom is -0.485 e. The molecule has 0 aliphatic heterocycles. The highest BCUT2D eigenvalue weighted by molar-refractivity contribution is 6.30. The molecule has 1 saturated carbocycles. The molecule has 0 atom stereocenters. The van der Waals surface area contributed by atoms with Crippen LogP contribution in [0.2, 0.25) is 5.02 Å². The van der Waals surface area contributed by atoms with E-state index >= 15 is 0 Å². The number of ether oxygens (including phenoxy) is 2. The van der Waals surface area contributed by atoms with Crippen molar-refractivity contribution in [2.24, 2.45) is 0 Å². The van der Waals surface area contributed by atoms with E-state index in [1.54, 1.807) is 22.9 Å². The maximum absolute atomic E-state index is 14.1. The first-order chi connectivity index (χ1) is 17.6. The molecular formula is C28H38ClFN4O3. The van der Waals surface area contributed by atoms with E-state index in [1.807, 2.05) is 40.7 Å². The molecule has 4 rings (SSSR count). The lowest BCUT2D eigenvalue weighted by atomic mass is 9.96. The molecule has 1 aliphatic rings. The molecule has 0 radical (unpaired) electrons. The number of carbonyl (C=O) groups excluding carboxylic acids is 1. The van der Waals surface area contributed by atoms with Gasteiger partial charge in [0.25, 0.3) is 11.8 Å². The van der Waals surface area contributed by atoms with Crippen molar-refractivity contribution in [3.63, 3.8) is 0 Å². The number of pyridine rings is 2. The summed E-state index contributed by atoms with van der Waals surface area (Å²) in [5.41, 5.74) is 0.143. The maximum atomic E-state index is 14.1. The third kappa shape index (κ3) is 7.81. The van der Waals surface area contributed by atoms with Crippen LogP contribution in [0.15, 0.2) is 30.7 Å². The average Bonchev–Trinajstić information content (AvgIpc) is 3.45. The fraction of sp³-hybridized carbons (Fsp3) is 0.536. The Balaban J connectivity index is 0.00000186. The monoisotopic (exact) mass is 532 g/mol. The van der Waals surface area contributed by atoms with Gasteiger partial charge in [-0.1, -0.05) is 51.6 Å². The molecule has 0 bridgehead atoms. The van der Waals surface area contributed by atoms with Gasteiger partial charge >= 0.3 is 0 Å². The number of hydrogen-bond donors (Lipinski definition) is 1. The van der Waals surface area contributed by atoms with Gasteiger partial charge in [0.2, 0.25) is 0 Å². The molecule has 1 amide bonds. The van der Waals surface area contributed by atoms with E-state index in [2.05, 4.69) is 22.2 Å². The van der Waals surface area contributed by atoms with Crippen LogP contribution in [0.4, 0.5) is 4.39 Å². The van der Waals surface area contributed by atoms with Crippen molar-refractivity contribution in [2.75, 3.05) is 6.61 Å². The fourth-order valence-corrected chi connectivity index (χ4v) is 3.91. The first-order valence-corrected chi connectivity index (χ1v) is 13.4. The van der Waals surface area contributed by atoms with Gasteiger partial charge < -0.3 is 19.2 Å². The summed E-state index contributed by atoms with van der Waals surface area (Å²) in [6.07, 6.45) is 10.1. The summed E-state index contributed by atoms with van der Waals surface area (Å²) in [5, 5.41) is 3.46. The van der Waals surface area contributed by atoms with Crippen molar-refractivity contribution in [1.82, 2.24) is 19.7 Å². The van der Waals surface area contributed by atoms with Crippen LogP contribution in [0.1, 0.15) is 89.2 Å². The number of aryl methyl sites for hydroxylation is 1. The number of amides is 1. The third-order valence-electron chi connectivity index (χ3n) is 6.11. The molecule has 3 heterocycles. The number of halogens is 2. The zero-order valence-corrected chi connectivity index (χ0v) is 23.4. The first-order valence-electron chi connectivity index (χ1n) is 13.0. The molecule has 9 heteroatoms. The van der Waals surface area contributed by atoms with E-state index in [-0.39, 0.29) is 29.7 Å². The molecule has 1 aliphatic carbocycles. The number of aromatic nitrogens is 3. The van der Waals surface area contributed by atoms with E-state index in [0.29, 0.717) is 35.0 Å². The lowest BCUT2D eigenvalue weighted by molar-refractivity contribution is 0.0903. The highest BCUT2D eigenvalue weighted by Crippen LogP contribution is 2.41. The first kappa shape index (κ1) is 28.7. The van der Waals surface area contributed by atoms with Crippen molar-refractivity contribution in [3.05, 3.63) is 47.0 Å². The van der Waals surface area contributed by atoms with Gasteiger partial charge in [-0.2, -0.15) is 0 Å². The van der Waals surface area contributed by atoms with Crippen LogP contribution in [-0.4, -0.2) is 38.1 Å². The zero-order chi connectivity index (χ0) is 27.2. The Bertz CT molecular complexity index is 1220. The second kappa shape index (κ2) is 12.1. The van der Waals surface area contributed by atoms with E-state index < -0.39 is 5.67 Å². The Morgan fingerprint density at radius 3 is 2.62 bits per heavy atom. The number of nitrogens with one attached hydrogen (secondary N) is 1. The number of unbranched alkanes of at least 4 members (excludes halogenated alkanes) is 2. The van der Waals surface area contributed by atoms with Gasteiger partial charge in [-0.3, -0.25) is 4.79 Å². The van der Waals surface area contributed by atoms with E-state index in [9.17, 15) is 9.18 Å². The van der Waals surface area contributed by atoms with Gasteiger partial charge in [0.1, 0.15) is 29.4 Å². The second-order valence-corrected chi connectivity index (χ2v) is 10.4. The molecule has 3 aromatic heterocycles. The fourth-order valence-electron chi connectivity index (χ4n) is 3.76. The second-order valence-electron chi connectivity index (χ2n) is 10.0. The van der Waals surface area contributed by atoms with E-state index in [4.69, 9.17) is 21.1 Å². The van der Waals surface area contributed by atoms with Gasteiger partial charge in [-0.25, -0.2) is 14.4 Å². The Morgan fingerprint density at radius 1 is 1.22 bits per heavy atom. The summed E-state index contributed by atoms with van der Waals surface area (Å²) < 4.78 is 27.5. The maximum Gasteiger partial charge on any atom is 0.271 e. The highest BCUT2D eigenvalue weighted by Gasteiger charge is 2.44. The summed E-state index contributed by atoms with van der Waals surface area (Å²) in [7, 11) is 0. The van der Waals surface area contributed by atoms with Gasteiger partial charge in [0, 0.05) is 24.0 Å². The standard InChI is InChI=1S/C26H32ClFN4O3.C2H6/c1-5-6-7-8-25(3,4)31-23(33)19-14-32-15-21(17(2)11-22(32)30-19)35-24-20(12-18(27)13-29-24)34-16-26(28)9-10-26;1-2/h11-15H,5-10,16H2,1-4H3,(H,31,33);1-2H3. The molecule has 0 spiro atoms. The van der Waals surface area contributed by atoms with Crippen molar-refractivity contribution < 1.29 is 18.7 Å². The molecule has 37 heavy (non-hydrogen) atoms. The van der Waals surface area contributed by atoms with Crippen molar-refractivity contribution in [2.45, 2.75) is 91.3 Å². The molecule has 7 nitrogen and oxygen atoms in total. The van der Waals surface area contributed by atoms with Crippen LogP contribution < -0.4 is 14.8 Å². The smallest absolute Gasteiger partial charge is 0.271 e. The van der Waals surface area contributed by atoms with Crippen LogP contribution in [0, 0.1) is 6.92 Å². The minimum absolute atomic E-state index is 0.0712. The zero-order valence-electron chi connectivity index (χ0n) is 22.7. The van der Waals surface area contributed by atoms with Gasteiger partial charge in [-0.05, 0) is 51.7 Å². The quantitative estimate of drug-likeness (QED) is 0.259. The van der Waals surface area contributed by atoms with Crippen LogP contribution in [-0.2, 0) is 0 Å². The highest BCUT2D eigenvalue weighted by atomic mass is 35.5. The molecule has 0 saturated heterocycles. The molecular weight excluding hydrogens is 495 g/mol. The predicted molar refractivity (Wildman–Crippen MR) is 145 cm³/mol. The Morgan fingerprint density at radius 2 is 1.95 bits per heavy atom. The van der Waals surface area contributed by atoms with Crippen molar-refractivity contribution >= 4 is 23.2 Å². The topological polar surface area (TPSA) is 77.8 Å². The molecule has 3 aromatic rings. The number of fused-ring (bicyclic) bond motifs is 1. The lowest BCUT2D eigenvalue weighted by Gasteiger charge is -2.25. The summed E-state index contributed by atoms with van der Waals surface area (Å²) in [6, 6.07) is 3.39. The molecule has 0 unspecified atom stereocenters.